The van der Waals surface area contributed by atoms with Gasteiger partial charge in [-0.2, -0.15) is 0 Å². The van der Waals surface area contributed by atoms with Crippen LogP contribution in [-0.2, 0) is 11.4 Å². The summed E-state index contributed by atoms with van der Waals surface area (Å²) in [5, 5.41) is 5.03. The molecule has 4 rings (SSSR count). The molecule has 0 saturated carbocycles. The number of carbonyl (C=O) groups is 2. The molecule has 0 aliphatic carbocycles. The molecule has 166 valence electrons. The number of piperazine rings is 1. The van der Waals surface area contributed by atoms with Gasteiger partial charge in [0.1, 0.15) is 18.1 Å². The summed E-state index contributed by atoms with van der Waals surface area (Å²) in [6.45, 7) is 7.02. The van der Waals surface area contributed by atoms with Crippen molar-refractivity contribution in [3.63, 3.8) is 0 Å². The van der Waals surface area contributed by atoms with Crippen LogP contribution in [0.2, 0.25) is 0 Å². The second-order valence-corrected chi connectivity index (χ2v) is 7.72. The Morgan fingerprint density at radius 3 is 2.59 bits per heavy atom. The minimum Gasteiger partial charge on any atom is -0.486 e. The topological polar surface area (TPSA) is 75.0 Å². The Bertz CT molecular complexity index is 1100. The van der Waals surface area contributed by atoms with Crippen molar-refractivity contribution >= 4 is 22.6 Å². The van der Waals surface area contributed by atoms with Crippen LogP contribution < -0.4 is 10.1 Å². The number of rotatable bonds is 8. The summed E-state index contributed by atoms with van der Waals surface area (Å²) in [7, 11) is 0. The highest BCUT2D eigenvalue weighted by atomic mass is 16.5. The SMILES string of the molecule is C=CCNC(=O)CN1CCN(C(=O)c2ccc(COc3ccc4ccccc4c3)o2)CC1. The number of nitrogens with one attached hydrogen (secondary N) is 1. The van der Waals surface area contributed by atoms with Crippen LogP contribution in [0.25, 0.3) is 10.8 Å². The highest BCUT2D eigenvalue weighted by molar-refractivity contribution is 5.91. The third-order valence-electron chi connectivity index (χ3n) is 5.44. The van der Waals surface area contributed by atoms with E-state index in [4.69, 9.17) is 9.15 Å². The van der Waals surface area contributed by atoms with Crippen LogP contribution in [0.4, 0.5) is 0 Å². The summed E-state index contributed by atoms with van der Waals surface area (Å²) in [6.07, 6.45) is 1.65. The lowest BCUT2D eigenvalue weighted by atomic mass is 10.1. The summed E-state index contributed by atoms with van der Waals surface area (Å²) in [5.41, 5.74) is 0. The number of carbonyl (C=O) groups excluding carboxylic acids is 2. The van der Waals surface area contributed by atoms with Crippen molar-refractivity contribution in [3.05, 3.63) is 78.8 Å². The molecule has 2 aromatic carbocycles. The van der Waals surface area contributed by atoms with Gasteiger partial charge in [-0.25, -0.2) is 0 Å². The molecule has 0 spiro atoms. The van der Waals surface area contributed by atoms with Gasteiger partial charge in [-0.05, 0) is 35.0 Å². The smallest absolute Gasteiger partial charge is 0.289 e. The first kappa shape index (κ1) is 21.6. The fourth-order valence-electron chi connectivity index (χ4n) is 3.69. The van der Waals surface area contributed by atoms with E-state index in [2.05, 4.69) is 18.0 Å². The van der Waals surface area contributed by atoms with Gasteiger partial charge in [-0.15, -0.1) is 6.58 Å². The van der Waals surface area contributed by atoms with Gasteiger partial charge in [-0.3, -0.25) is 14.5 Å². The molecule has 7 heteroatoms. The molecule has 1 aliphatic heterocycles. The maximum atomic E-state index is 12.8. The van der Waals surface area contributed by atoms with Crippen LogP contribution in [0.1, 0.15) is 16.3 Å². The number of amides is 2. The highest BCUT2D eigenvalue weighted by Crippen LogP contribution is 2.22. The van der Waals surface area contributed by atoms with E-state index >= 15 is 0 Å². The number of ether oxygens (including phenoxy) is 1. The molecule has 0 radical (unpaired) electrons. The first-order valence-corrected chi connectivity index (χ1v) is 10.7. The van der Waals surface area contributed by atoms with Crippen LogP contribution in [0, 0.1) is 0 Å². The lowest BCUT2D eigenvalue weighted by molar-refractivity contribution is -0.122. The fraction of sp³-hybridized carbons (Fsp3) is 0.280. The van der Waals surface area contributed by atoms with Gasteiger partial charge in [0.05, 0.1) is 6.54 Å². The molecule has 3 aromatic rings. The zero-order valence-electron chi connectivity index (χ0n) is 18.0. The molecule has 1 saturated heterocycles. The largest absolute Gasteiger partial charge is 0.486 e. The Hall–Kier alpha value is -3.58. The zero-order valence-corrected chi connectivity index (χ0v) is 18.0. The van der Waals surface area contributed by atoms with Crippen molar-refractivity contribution in [2.75, 3.05) is 39.3 Å². The Morgan fingerprint density at radius 1 is 1.03 bits per heavy atom. The van der Waals surface area contributed by atoms with Crippen molar-refractivity contribution in [1.29, 1.82) is 0 Å². The molecule has 0 atom stereocenters. The molecule has 1 N–H and O–H groups in total. The third kappa shape index (κ3) is 5.36. The van der Waals surface area contributed by atoms with E-state index in [1.807, 2.05) is 41.3 Å². The number of furan rings is 1. The Labute approximate surface area is 187 Å². The average Bonchev–Trinajstić information content (AvgIpc) is 3.30. The maximum Gasteiger partial charge on any atom is 0.289 e. The van der Waals surface area contributed by atoms with E-state index in [9.17, 15) is 9.59 Å². The van der Waals surface area contributed by atoms with Crippen LogP contribution in [-0.4, -0.2) is 60.9 Å². The zero-order chi connectivity index (χ0) is 22.3. The minimum atomic E-state index is -0.141. The van der Waals surface area contributed by atoms with Gasteiger partial charge in [0.25, 0.3) is 5.91 Å². The number of hydrogen-bond acceptors (Lipinski definition) is 5. The molecule has 1 aliphatic rings. The predicted molar refractivity (Wildman–Crippen MR) is 123 cm³/mol. The summed E-state index contributed by atoms with van der Waals surface area (Å²) in [4.78, 5) is 28.4. The molecule has 2 amide bonds. The van der Waals surface area contributed by atoms with Crippen molar-refractivity contribution in [2.24, 2.45) is 0 Å². The van der Waals surface area contributed by atoms with Gasteiger partial charge in [0, 0.05) is 32.7 Å². The van der Waals surface area contributed by atoms with E-state index in [-0.39, 0.29) is 18.4 Å². The summed E-state index contributed by atoms with van der Waals surface area (Å²) >= 11 is 0. The van der Waals surface area contributed by atoms with Crippen LogP contribution in [0.5, 0.6) is 5.75 Å². The first-order chi connectivity index (χ1) is 15.6. The van der Waals surface area contributed by atoms with E-state index in [0.717, 1.165) is 16.5 Å². The van der Waals surface area contributed by atoms with Crippen molar-refractivity contribution < 1.29 is 18.7 Å². The molecule has 32 heavy (non-hydrogen) atoms. The van der Waals surface area contributed by atoms with E-state index in [1.54, 1.807) is 23.1 Å². The third-order valence-corrected chi connectivity index (χ3v) is 5.44. The highest BCUT2D eigenvalue weighted by Gasteiger charge is 2.25. The standard InChI is InChI=1S/C25H27N3O4/c1-2-11-26-24(29)17-27-12-14-28(15-13-27)25(30)23-10-9-22(32-23)18-31-21-8-7-19-5-3-4-6-20(19)16-21/h2-10,16H,1,11-15,17-18H2,(H,26,29). The molecule has 1 fully saturated rings. The van der Waals surface area contributed by atoms with Gasteiger partial charge in [0.2, 0.25) is 5.91 Å². The minimum absolute atomic E-state index is 0.0354. The second-order valence-electron chi connectivity index (χ2n) is 7.72. The normalized spacial score (nSPS) is 14.3. The van der Waals surface area contributed by atoms with Gasteiger partial charge in [-0.1, -0.05) is 36.4 Å². The average molecular weight is 434 g/mol. The van der Waals surface area contributed by atoms with Gasteiger partial charge in [0.15, 0.2) is 5.76 Å². The first-order valence-electron chi connectivity index (χ1n) is 10.7. The van der Waals surface area contributed by atoms with Gasteiger partial charge < -0.3 is 19.4 Å². The quantitative estimate of drug-likeness (QED) is 0.553. The molecular formula is C25H27N3O4. The van der Waals surface area contributed by atoms with Crippen LogP contribution in [0.3, 0.4) is 0 Å². The van der Waals surface area contributed by atoms with E-state index in [0.29, 0.717) is 50.8 Å². The Kier molecular flexibility index (Phi) is 6.87. The van der Waals surface area contributed by atoms with Crippen LogP contribution >= 0.6 is 0 Å². The van der Waals surface area contributed by atoms with Gasteiger partial charge >= 0.3 is 0 Å². The molecular weight excluding hydrogens is 406 g/mol. The maximum absolute atomic E-state index is 12.8. The number of benzene rings is 2. The Balaban J connectivity index is 1.27. The molecule has 2 heterocycles. The summed E-state index contributed by atoms with van der Waals surface area (Å²) in [5.74, 6) is 1.48. The lowest BCUT2D eigenvalue weighted by Gasteiger charge is -2.33. The summed E-state index contributed by atoms with van der Waals surface area (Å²) in [6, 6.07) is 17.5. The molecule has 7 nitrogen and oxygen atoms in total. The van der Waals surface area contributed by atoms with Crippen molar-refractivity contribution in [3.8, 4) is 5.75 Å². The van der Waals surface area contributed by atoms with Crippen molar-refractivity contribution in [1.82, 2.24) is 15.1 Å². The van der Waals surface area contributed by atoms with E-state index < -0.39 is 0 Å². The second kappa shape index (κ2) is 10.2. The summed E-state index contributed by atoms with van der Waals surface area (Å²) < 4.78 is 11.6. The number of fused-ring (bicyclic) bond motifs is 1. The predicted octanol–water partition coefficient (Wildman–Crippen LogP) is 3.07. The lowest BCUT2D eigenvalue weighted by Crippen LogP contribution is -2.51. The monoisotopic (exact) mass is 433 g/mol. The fourth-order valence-corrected chi connectivity index (χ4v) is 3.69. The molecule has 0 bridgehead atoms. The molecule has 1 aromatic heterocycles. The van der Waals surface area contributed by atoms with E-state index in [1.165, 1.54) is 0 Å². The molecule has 0 unspecified atom stereocenters. The Morgan fingerprint density at radius 2 is 1.81 bits per heavy atom. The van der Waals surface area contributed by atoms with Crippen molar-refractivity contribution in [2.45, 2.75) is 6.61 Å². The number of hydrogen-bond donors (Lipinski definition) is 1. The number of nitrogens with zero attached hydrogens (tertiary/aromatic N) is 2. The van der Waals surface area contributed by atoms with Crippen LogP contribution in [0.15, 0.2) is 71.7 Å².